The summed E-state index contributed by atoms with van der Waals surface area (Å²) in [5.74, 6) is 1.47. The zero-order valence-corrected chi connectivity index (χ0v) is 15.9. The molecule has 0 saturated carbocycles. The van der Waals surface area contributed by atoms with Gasteiger partial charge in [0.25, 0.3) is 0 Å². The van der Waals surface area contributed by atoms with Gasteiger partial charge in [0.2, 0.25) is 0 Å². The number of hydrogen-bond acceptors (Lipinski definition) is 0. The molecule has 0 amide bonds. The van der Waals surface area contributed by atoms with Gasteiger partial charge in [0.05, 0.1) is 11.1 Å². The summed E-state index contributed by atoms with van der Waals surface area (Å²) in [4.78, 5) is 0. The molecule has 0 nitrogen and oxygen atoms in total. The highest BCUT2D eigenvalue weighted by atomic mass is 31.2. The second-order valence-corrected chi connectivity index (χ2v) is 18.1. The van der Waals surface area contributed by atoms with E-state index >= 15 is 0 Å². The first-order valence-electron chi connectivity index (χ1n) is 6.70. The predicted octanol–water partition coefficient (Wildman–Crippen LogP) is 6.10. The van der Waals surface area contributed by atoms with Gasteiger partial charge in [-0.05, 0) is 31.1 Å². The lowest BCUT2D eigenvalue weighted by Crippen LogP contribution is -2.30. The van der Waals surface area contributed by atoms with Crippen molar-refractivity contribution in [1.82, 2.24) is 0 Å². The van der Waals surface area contributed by atoms with Crippen LogP contribution in [0.2, 0.25) is 0 Å². The maximum atomic E-state index is 2.56. The van der Waals surface area contributed by atoms with E-state index in [1.165, 1.54) is 5.90 Å². The van der Waals surface area contributed by atoms with Gasteiger partial charge in [0.1, 0.15) is 0 Å². The van der Waals surface area contributed by atoms with Crippen molar-refractivity contribution in [2.45, 2.75) is 77.8 Å². The van der Waals surface area contributed by atoms with Gasteiger partial charge in [-0.1, -0.05) is 49.5 Å². The second-order valence-electron chi connectivity index (χ2n) is 8.77. The highest BCUT2D eigenvalue weighted by Crippen LogP contribution is 2.74. The first-order valence-corrected chi connectivity index (χ1v) is 11.1. The van der Waals surface area contributed by atoms with Crippen LogP contribution in [0.3, 0.4) is 0 Å². The molecular weight excluding hydrogens is 242 g/mol. The van der Waals surface area contributed by atoms with E-state index in [1.807, 2.05) is 0 Å². The number of rotatable bonds is 2. The molecule has 0 bridgehead atoms. The molecule has 0 unspecified atom stereocenters. The fourth-order valence-electron chi connectivity index (χ4n) is 2.00. The third-order valence-corrected chi connectivity index (χ3v) is 14.8. The summed E-state index contributed by atoms with van der Waals surface area (Å²) in [5.41, 5.74) is 0. The Morgan fingerprint density at radius 2 is 1.00 bits per heavy atom. The molecule has 2 heteroatoms. The molecule has 0 N–H and O–H groups in total. The molecule has 0 aliphatic carbocycles. The van der Waals surface area contributed by atoms with E-state index in [0.29, 0.717) is 15.5 Å². The third kappa shape index (κ3) is 5.16. The summed E-state index contributed by atoms with van der Waals surface area (Å²) in [6.45, 7) is 27.0. The van der Waals surface area contributed by atoms with Crippen LogP contribution in [0.25, 0.3) is 0 Å². The average molecular weight is 277 g/mol. The van der Waals surface area contributed by atoms with E-state index in [2.05, 4.69) is 75.6 Å². The van der Waals surface area contributed by atoms with Gasteiger partial charge in [-0.15, -0.1) is 0 Å². The van der Waals surface area contributed by atoms with Gasteiger partial charge in [-0.25, -0.2) is 0 Å². The molecule has 0 aliphatic rings. The van der Waals surface area contributed by atoms with E-state index in [0.717, 1.165) is 0 Å². The van der Waals surface area contributed by atoms with Gasteiger partial charge in [0, 0.05) is 20.6 Å². The largest absolute Gasteiger partial charge is 0.0786 e. The Balaban J connectivity index is 5.17. The molecule has 0 radical (unpaired) electrons. The second kappa shape index (κ2) is 5.09. The first-order chi connectivity index (χ1) is 7.09. The van der Waals surface area contributed by atoms with Gasteiger partial charge in [-0.2, -0.15) is 0 Å². The lowest BCUT2D eigenvalue weighted by molar-refractivity contribution is 0.707. The third-order valence-electron chi connectivity index (χ3n) is 3.93. The Hall–Kier alpha value is 0.860. The highest BCUT2D eigenvalue weighted by molar-refractivity contribution is 7.86. The SMILES string of the molecule is CC(C)(C)P(C[P+](C)(C)C(C)(C)C)C(C)(C)C. The van der Waals surface area contributed by atoms with Crippen LogP contribution in [0.5, 0.6) is 0 Å². The van der Waals surface area contributed by atoms with Crippen molar-refractivity contribution >= 4 is 15.2 Å². The molecule has 0 aromatic heterocycles. The molecule has 0 aromatic carbocycles. The van der Waals surface area contributed by atoms with Crippen LogP contribution < -0.4 is 0 Å². The lowest BCUT2D eigenvalue weighted by atomic mass is 10.2. The number of hydrogen-bond donors (Lipinski definition) is 0. The summed E-state index contributed by atoms with van der Waals surface area (Å²) in [6.07, 6.45) is 0. The van der Waals surface area contributed by atoms with E-state index in [1.54, 1.807) is 0 Å². The summed E-state index contributed by atoms with van der Waals surface area (Å²) in [5, 5.41) is 1.43. The van der Waals surface area contributed by atoms with E-state index in [9.17, 15) is 0 Å². The highest BCUT2D eigenvalue weighted by Gasteiger charge is 2.47. The fourth-order valence-corrected chi connectivity index (χ4v) is 11.9. The van der Waals surface area contributed by atoms with Gasteiger partial charge in [0.15, 0.2) is 0 Å². The zero-order chi connectivity index (χ0) is 14.3. The van der Waals surface area contributed by atoms with Crippen molar-refractivity contribution in [2.24, 2.45) is 0 Å². The van der Waals surface area contributed by atoms with Crippen molar-refractivity contribution in [3.8, 4) is 0 Å². The standard InChI is InChI=1S/C15H35P2/c1-13(2,3)16(14(4,5)6)12-17(10,11)15(7,8)9/h12H2,1-11H3/q+1. The smallest absolute Gasteiger partial charge is 0.0560 e. The molecule has 17 heavy (non-hydrogen) atoms. The Bertz CT molecular complexity index is 232. The molecular formula is C15H35P2+. The van der Waals surface area contributed by atoms with Crippen molar-refractivity contribution in [3.63, 3.8) is 0 Å². The van der Waals surface area contributed by atoms with E-state index < -0.39 is 7.26 Å². The molecule has 0 fully saturated rings. The summed E-state index contributed by atoms with van der Waals surface area (Å²) >= 11 is 0. The maximum absolute atomic E-state index is 2.56. The van der Waals surface area contributed by atoms with Crippen LogP contribution in [0.1, 0.15) is 62.3 Å². The minimum absolute atomic E-state index is 0.0543. The topological polar surface area (TPSA) is 0 Å². The molecule has 0 heterocycles. The monoisotopic (exact) mass is 277 g/mol. The van der Waals surface area contributed by atoms with E-state index in [4.69, 9.17) is 0 Å². The minimum atomic E-state index is -0.847. The molecule has 0 spiro atoms. The Morgan fingerprint density at radius 1 is 0.706 bits per heavy atom. The predicted molar refractivity (Wildman–Crippen MR) is 89.8 cm³/mol. The quantitative estimate of drug-likeness (QED) is 0.535. The van der Waals surface area contributed by atoms with Crippen molar-refractivity contribution < 1.29 is 0 Å². The van der Waals surface area contributed by atoms with Crippen molar-refractivity contribution in [2.75, 3.05) is 19.2 Å². The Morgan fingerprint density at radius 3 is 1.18 bits per heavy atom. The normalized spacial score (nSPS) is 15.5. The Kier molecular flexibility index (Phi) is 5.35. The van der Waals surface area contributed by atoms with Crippen molar-refractivity contribution in [1.29, 1.82) is 0 Å². The van der Waals surface area contributed by atoms with Crippen LogP contribution in [-0.4, -0.2) is 34.7 Å². The van der Waals surface area contributed by atoms with Gasteiger partial charge >= 0.3 is 0 Å². The maximum Gasteiger partial charge on any atom is 0.0786 e. The first kappa shape index (κ1) is 17.9. The molecule has 0 saturated heterocycles. The van der Waals surface area contributed by atoms with Crippen molar-refractivity contribution in [3.05, 3.63) is 0 Å². The molecule has 104 valence electrons. The van der Waals surface area contributed by atoms with Gasteiger partial charge in [-0.3, -0.25) is 0 Å². The van der Waals surface area contributed by atoms with Crippen LogP contribution in [0.15, 0.2) is 0 Å². The van der Waals surface area contributed by atoms with Crippen LogP contribution in [0.4, 0.5) is 0 Å². The molecule has 0 rings (SSSR count). The van der Waals surface area contributed by atoms with E-state index in [-0.39, 0.29) is 7.92 Å². The lowest BCUT2D eigenvalue weighted by Gasteiger charge is -2.45. The fraction of sp³-hybridized carbons (Fsp3) is 1.00. The summed E-state index contributed by atoms with van der Waals surface area (Å²) < 4.78 is 0. The molecule has 0 aromatic rings. The average Bonchev–Trinajstić information content (AvgIpc) is 1.93. The van der Waals surface area contributed by atoms with Gasteiger partial charge < -0.3 is 0 Å². The van der Waals surface area contributed by atoms with Crippen LogP contribution in [0, 0.1) is 0 Å². The molecule has 0 atom stereocenters. The Labute approximate surface area is 112 Å². The molecule has 0 aliphatic heterocycles. The van der Waals surface area contributed by atoms with Crippen LogP contribution in [-0.2, 0) is 0 Å². The zero-order valence-electron chi connectivity index (χ0n) is 14.1. The summed E-state index contributed by atoms with van der Waals surface area (Å²) in [7, 11) is -0.792. The van der Waals surface area contributed by atoms with Crippen LogP contribution >= 0.6 is 15.2 Å². The minimum Gasteiger partial charge on any atom is -0.0560 e. The summed E-state index contributed by atoms with van der Waals surface area (Å²) in [6, 6.07) is 0.